The van der Waals surface area contributed by atoms with Gasteiger partial charge in [0.05, 0.1) is 11.8 Å². The third-order valence-corrected chi connectivity index (χ3v) is 2.25. The lowest BCUT2D eigenvalue weighted by Gasteiger charge is -2.00. The highest BCUT2D eigenvalue weighted by atomic mass is 16.6. The SMILES string of the molecule is CC(=NNc1ccccc1)c1ccc([N+](=O)[O-])o1. The summed E-state index contributed by atoms with van der Waals surface area (Å²) in [5.74, 6) is 0.0735. The Morgan fingerprint density at radius 3 is 2.61 bits per heavy atom. The minimum atomic E-state index is -0.582. The van der Waals surface area contributed by atoms with Gasteiger partial charge in [0.2, 0.25) is 0 Å². The zero-order chi connectivity index (χ0) is 13.0. The van der Waals surface area contributed by atoms with E-state index in [9.17, 15) is 10.1 Å². The maximum absolute atomic E-state index is 10.5. The standard InChI is InChI=1S/C12H11N3O3/c1-9(11-7-8-12(18-11)15(16)17)13-14-10-5-3-2-4-6-10/h2-8,14H,1H3. The Morgan fingerprint density at radius 2 is 2.00 bits per heavy atom. The Kier molecular flexibility index (Phi) is 3.38. The van der Waals surface area contributed by atoms with Gasteiger partial charge in [-0.25, -0.2) is 0 Å². The molecule has 6 heteroatoms. The van der Waals surface area contributed by atoms with E-state index in [1.54, 1.807) is 6.92 Å². The number of benzene rings is 1. The van der Waals surface area contributed by atoms with Gasteiger partial charge >= 0.3 is 5.88 Å². The molecule has 0 spiro atoms. The van der Waals surface area contributed by atoms with Crippen LogP contribution in [-0.4, -0.2) is 10.6 Å². The first kappa shape index (κ1) is 11.8. The number of rotatable bonds is 4. The lowest BCUT2D eigenvalue weighted by molar-refractivity contribution is -0.402. The summed E-state index contributed by atoms with van der Waals surface area (Å²) in [4.78, 5) is 9.89. The fourth-order valence-corrected chi connectivity index (χ4v) is 1.34. The number of hydrazone groups is 1. The lowest BCUT2D eigenvalue weighted by atomic mass is 10.3. The second-order valence-corrected chi connectivity index (χ2v) is 3.57. The van der Waals surface area contributed by atoms with E-state index >= 15 is 0 Å². The molecule has 0 fully saturated rings. The molecule has 18 heavy (non-hydrogen) atoms. The smallest absolute Gasteiger partial charge is 0.399 e. The van der Waals surface area contributed by atoms with Crippen LogP contribution in [0.5, 0.6) is 0 Å². The normalized spacial score (nSPS) is 11.3. The minimum Gasteiger partial charge on any atom is -0.399 e. The molecule has 0 saturated heterocycles. The molecular weight excluding hydrogens is 234 g/mol. The molecule has 6 nitrogen and oxygen atoms in total. The molecule has 0 aliphatic rings. The maximum atomic E-state index is 10.5. The molecule has 2 aromatic rings. The van der Waals surface area contributed by atoms with Gasteiger partial charge in [0.1, 0.15) is 10.6 Å². The average molecular weight is 245 g/mol. The van der Waals surface area contributed by atoms with Gasteiger partial charge in [0, 0.05) is 0 Å². The summed E-state index contributed by atoms with van der Waals surface area (Å²) < 4.78 is 5.03. The van der Waals surface area contributed by atoms with Crippen LogP contribution in [0.2, 0.25) is 0 Å². The Morgan fingerprint density at radius 1 is 1.28 bits per heavy atom. The second kappa shape index (κ2) is 5.13. The Labute approximate surface area is 103 Å². The quantitative estimate of drug-likeness (QED) is 0.510. The van der Waals surface area contributed by atoms with Crippen molar-refractivity contribution in [2.45, 2.75) is 6.92 Å². The summed E-state index contributed by atoms with van der Waals surface area (Å²) >= 11 is 0. The van der Waals surface area contributed by atoms with Crippen LogP contribution < -0.4 is 5.43 Å². The molecule has 0 unspecified atom stereocenters. The predicted octanol–water partition coefficient (Wildman–Crippen LogP) is 3.02. The molecular formula is C12H11N3O3. The van der Waals surface area contributed by atoms with E-state index in [2.05, 4.69) is 10.5 Å². The summed E-state index contributed by atoms with van der Waals surface area (Å²) in [6.07, 6.45) is 0. The molecule has 0 aliphatic heterocycles. The monoisotopic (exact) mass is 245 g/mol. The summed E-state index contributed by atoms with van der Waals surface area (Å²) in [6.45, 7) is 1.71. The minimum absolute atomic E-state index is 0.292. The zero-order valence-electron chi connectivity index (χ0n) is 9.66. The van der Waals surface area contributed by atoms with Crippen LogP contribution in [0.25, 0.3) is 0 Å². The largest absolute Gasteiger partial charge is 0.433 e. The van der Waals surface area contributed by atoms with E-state index < -0.39 is 4.92 Å². The topological polar surface area (TPSA) is 80.7 Å². The predicted molar refractivity (Wildman–Crippen MR) is 67.6 cm³/mol. The van der Waals surface area contributed by atoms with Crippen molar-refractivity contribution in [3.63, 3.8) is 0 Å². The lowest BCUT2D eigenvalue weighted by Crippen LogP contribution is -1.98. The molecule has 1 heterocycles. The number of anilines is 1. The van der Waals surface area contributed by atoms with E-state index in [0.29, 0.717) is 11.5 Å². The van der Waals surface area contributed by atoms with Crippen molar-refractivity contribution in [1.29, 1.82) is 0 Å². The van der Waals surface area contributed by atoms with Crippen molar-refractivity contribution in [2.24, 2.45) is 5.10 Å². The number of para-hydroxylation sites is 1. The summed E-state index contributed by atoms with van der Waals surface area (Å²) in [5.41, 5.74) is 4.21. The molecule has 0 amide bonds. The van der Waals surface area contributed by atoms with Gasteiger partial charge < -0.3 is 4.42 Å². The summed E-state index contributed by atoms with van der Waals surface area (Å²) in [5, 5.41) is 14.6. The molecule has 0 bridgehead atoms. The molecule has 1 aromatic carbocycles. The highest BCUT2D eigenvalue weighted by molar-refractivity contribution is 5.96. The molecule has 92 valence electrons. The molecule has 0 aliphatic carbocycles. The number of nitrogens with one attached hydrogen (secondary N) is 1. The molecule has 0 atom stereocenters. The fourth-order valence-electron chi connectivity index (χ4n) is 1.34. The first-order chi connectivity index (χ1) is 8.66. The highest BCUT2D eigenvalue weighted by Crippen LogP contribution is 2.16. The Bertz CT molecular complexity index is 575. The van der Waals surface area contributed by atoms with Gasteiger partial charge in [-0.3, -0.25) is 15.5 Å². The number of nitrogens with zero attached hydrogens (tertiary/aromatic N) is 2. The Balaban J connectivity index is 2.10. The third kappa shape index (κ3) is 2.73. The second-order valence-electron chi connectivity index (χ2n) is 3.57. The average Bonchev–Trinajstić information content (AvgIpc) is 2.87. The van der Waals surface area contributed by atoms with Crippen molar-refractivity contribution in [3.05, 3.63) is 58.3 Å². The van der Waals surface area contributed by atoms with Gasteiger partial charge in [0.15, 0.2) is 5.76 Å². The number of hydrogen-bond donors (Lipinski definition) is 1. The highest BCUT2D eigenvalue weighted by Gasteiger charge is 2.13. The number of furan rings is 1. The van der Waals surface area contributed by atoms with Gasteiger partial charge in [-0.05, 0) is 25.1 Å². The number of hydrogen-bond acceptors (Lipinski definition) is 5. The third-order valence-electron chi connectivity index (χ3n) is 2.25. The van der Waals surface area contributed by atoms with Gasteiger partial charge in [0.25, 0.3) is 0 Å². The van der Waals surface area contributed by atoms with Crippen LogP contribution in [0.4, 0.5) is 11.6 Å². The van der Waals surface area contributed by atoms with Gasteiger partial charge in [-0.1, -0.05) is 18.2 Å². The van der Waals surface area contributed by atoms with Crippen molar-refractivity contribution >= 4 is 17.3 Å². The van der Waals surface area contributed by atoms with Crippen LogP contribution in [0.15, 0.2) is 52.0 Å². The van der Waals surface area contributed by atoms with Crippen molar-refractivity contribution < 1.29 is 9.34 Å². The Hall–Kier alpha value is -2.63. The molecule has 1 N–H and O–H groups in total. The van der Waals surface area contributed by atoms with Gasteiger partial charge in [-0.15, -0.1) is 0 Å². The number of nitro groups is 1. The van der Waals surface area contributed by atoms with E-state index in [1.165, 1.54) is 12.1 Å². The van der Waals surface area contributed by atoms with E-state index in [4.69, 9.17) is 4.42 Å². The molecule has 0 radical (unpaired) electrons. The van der Waals surface area contributed by atoms with E-state index in [-0.39, 0.29) is 5.88 Å². The van der Waals surface area contributed by atoms with E-state index in [0.717, 1.165) is 5.69 Å². The molecule has 1 aromatic heterocycles. The maximum Gasteiger partial charge on any atom is 0.433 e. The van der Waals surface area contributed by atoms with Crippen LogP contribution in [0.3, 0.4) is 0 Å². The van der Waals surface area contributed by atoms with Crippen molar-refractivity contribution in [3.8, 4) is 0 Å². The molecule has 0 saturated carbocycles. The van der Waals surface area contributed by atoms with Crippen LogP contribution in [0, 0.1) is 10.1 Å². The van der Waals surface area contributed by atoms with Crippen LogP contribution >= 0.6 is 0 Å². The van der Waals surface area contributed by atoms with E-state index in [1.807, 2.05) is 30.3 Å². The van der Waals surface area contributed by atoms with Gasteiger partial charge in [-0.2, -0.15) is 5.10 Å². The first-order valence-electron chi connectivity index (χ1n) is 5.27. The summed E-state index contributed by atoms with van der Waals surface area (Å²) in [7, 11) is 0. The first-order valence-corrected chi connectivity index (χ1v) is 5.27. The van der Waals surface area contributed by atoms with Crippen molar-refractivity contribution in [1.82, 2.24) is 0 Å². The van der Waals surface area contributed by atoms with Crippen LogP contribution in [-0.2, 0) is 0 Å². The zero-order valence-corrected chi connectivity index (χ0v) is 9.66. The van der Waals surface area contributed by atoms with Crippen molar-refractivity contribution in [2.75, 3.05) is 5.43 Å². The van der Waals surface area contributed by atoms with Crippen LogP contribution in [0.1, 0.15) is 12.7 Å². The molecule has 2 rings (SSSR count). The fraction of sp³-hybridized carbons (Fsp3) is 0.0833. The summed E-state index contributed by atoms with van der Waals surface area (Å²) in [6, 6.07) is 12.2.